The number of rotatable bonds is 5. The van der Waals surface area contributed by atoms with E-state index in [1.807, 2.05) is 0 Å². The van der Waals surface area contributed by atoms with E-state index in [0.717, 1.165) is 6.42 Å². The molecule has 0 aromatic carbocycles. The lowest BCUT2D eigenvalue weighted by Gasteiger charge is -2.17. The van der Waals surface area contributed by atoms with Gasteiger partial charge >= 0.3 is 0 Å². The third-order valence-corrected chi connectivity index (χ3v) is 5.16. The Morgan fingerprint density at radius 2 is 2.06 bits per heavy atom. The van der Waals surface area contributed by atoms with Crippen LogP contribution >= 0.6 is 15.9 Å². The molecule has 0 aliphatic heterocycles. The summed E-state index contributed by atoms with van der Waals surface area (Å²) in [5.41, 5.74) is 0. The van der Waals surface area contributed by atoms with Gasteiger partial charge in [-0.05, 0) is 28.3 Å². The molecule has 0 unspecified atom stereocenters. The van der Waals surface area contributed by atoms with E-state index >= 15 is 0 Å². The SMILES string of the molecule is CC(C)CCN(C)S(=O)(=O)c1c(Br)nnn1C. The third kappa shape index (κ3) is 3.26. The average molecular weight is 325 g/mol. The number of nitrogens with zero attached hydrogens (tertiary/aromatic N) is 4. The first-order valence-corrected chi connectivity index (χ1v) is 7.51. The molecular weight excluding hydrogens is 308 g/mol. The normalized spacial score (nSPS) is 12.6. The molecule has 17 heavy (non-hydrogen) atoms. The lowest BCUT2D eigenvalue weighted by Crippen LogP contribution is -2.30. The Morgan fingerprint density at radius 1 is 1.47 bits per heavy atom. The van der Waals surface area contributed by atoms with Crippen LogP contribution in [0.1, 0.15) is 20.3 Å². The minimum Gasteiger partial charge on any atom is -0.235 e. The number of aryl methyl sites for hydroxylation is 1. The fraction of sp³-hybridized carbons (Fsp3) is 0.778. The third-order valence-electron chi connectivity index (χ3n) is 2.41. The van der Waals surface area contributed by atoms with Gasteiger partial charge in [0, 0.05) is 20.6 Å². The second-order valence-electron chi connectivity index (χ2n) is 4.32. The highest BCUT2D eigenvalue weighted by molar-refractivity contribution is 9.10. The van der Waals surface area contributed by atoms with Gasteiger partial charge in [-0.3, -0.25) is 0 Å². The largest absolute Gasteiger partial charge is 0.262 e. The standard InChI is InChI=1S/C9H17BrN4O2S/c1-7(2)5-6-13(3)17(15,16)9-8(10)11-12-14(9)4/h7H,5-6H2,1-4H3. The molecule has 0 atom stereocenters. The molecule has 0 saturated carbocycles. The van der Waals surface area contributed by atoms with Crippen LogP contribution in [0.25, 0.3) is 0 Å². The van der Waals surface area contributed by atoms with Crippen molar-refractivity contribution < 1.29 is 8.42 Å². The highest BCUT2D eigenvalue weighted by atomic mass is 79.9. The predicted octanol–water partition coefficient (Wildman–Crippen LogP) is 1.24. The highest BCUT2D eigenvalue weighted by Crippen LogP contribution is 2.21. The molecule has 1 heterocycles. The van der Waals surface area contributed by atoms with Gasteiger partial charge in [0.25, 0.3) is 10.0 Å². The molecule has 0 radical (unpaired) electrons. The number of hydrogen-bond acceptors (Lipinski definition) is 4. The molecule has 1 aromatic heterocycles. The monoisotopic (exact) mass is 324 g/mol. The molecule has 0 aliphatic rings. The van der Waals surface area contributed by atoms with Gasteiger partial charge in [0.2, 0.25) is 5.03 Å². The molecule has 0 N–H and O–H groups in total. The van der Waals surface area contributed by atoms with E-state index < -0.39 is 10.0 Å². The second kappa shape index (κ2) is 5.45. The van der Waals surface area contributed by atoms with E-state index in [1.165, 1.54) is 8.99 Å². The van der Waals surface area contributed by atoms with E-state index in [0.29, 0.717) is 12.5 Å². The first-order valence-electron chi connectivity index (χ1n) is 5.28. The van der Waals surface area contributed by atoms with Gasteiger partial charge in [-0.15, -0.1) is 5.10 Å². The van der Waals surface area contributed by atoms with Crippen molar-refractivity contribution in [2.24, 2.45) is 13.0 Å². The van der Waals surface area contributed by atoms with Crippen LogP contribution < -0.4 is 0 Å². The molecule has 98 valence electrons. The van der Waals surface area contributed by atoms with Gasteiger partial charge in [-0.25, -0.2) is 13.1 Å². The van der Waals surface area contributed by atoms with E-state index in [-0.39, 0.29) is 9.63 Å². The average Bonchev–Trinajstić information content (AvgIpc) is 2.55. The van der Waals surface area contributed by atoms with E-state index in [9.17, 15) is 8.42 Å². The smallest absolute Gasteiger partial charge is 0.235 e. The van der Waals surface area contributed by atoms with E-state index in [4.69, 9.17) is 0 Å². The van der Waals surface area contributed by atoms with Gasteiger partial charge in [-0.2, -0.15) is 4.31 Å². The summed E-state index contributed by atoms with van der Waals surface area (Å²) in [4.78, 5) is 0. The summed E-state index contributed by atoms with van der Waals surface area (Å²) in [5.74, 6) is 0.459. The Morgan fingerprint density at radius 3 is 2.47 bits per heavy atom. The van der Waals surface area contributed by atoms with Crippen molar-refractivity contribution in [3.8, 4) is 0 Å². The quantitative estimate of drug-likeness (QED) is 0.817. The minimum atomic E-state index is -3.53. The predicted molar refractivity (Wildman–Crippen MR) is 68.0 cm³/mol. The number of halogens is 1. The Bertz CT molecular complexity index is 464. The Kier molecular flexibility index (Phi) is 4.68. The van der Waals surface area contributed by atoms with Crippen molar-refractivity contribution >= 4 is 26.0 Å². The van der Waals surface area contributed by atoms with Gasteiger partial charge in [-0.1, -0.05) is 19.1 Å². The van der Waals surface area contributed by atoms with Crippen LogP contribution in [0.15, 0.2) is 9.63 Å². The van der Waals surface area contributed by atoms with Crippen LogP contribution in [-0.2, 0) is 17.1 Å². The van der Waals surface area contributed by atoms with Crippen molar-refractivity contribution in [1.29, 1.82) is 0 Å². The lowest BCUT2D eigenvalue weighted by atomic mass is 10.1. The maximum Gasteiger partial charge on any atom is 0.262 e. The molecule has 1 aromatic rings. The highest BCUT2D eigenvalue weighted by Gasteiger charge is 2.28. The van der Waals surface area contributed by atoms with Crippen molar-refractivity contribution in [3.05, 3.63) is 4.60 Å². The van der Waals surface area contributed by atoms with Gasteiger partial charge in [0.05, 0.1) is 0 Å². The summed E-state index contributed by atoms with van der Waals surface area (Å²) >= 11 is 3.10. The summed E-state index contributed by atoms with van der Waals surface area (Å²) in [6, 6.07) is 0. The molecule has 0 bridgehead atoms. The fourth-order valence-electron chi connectivity index (χ4n) is 1.30. The molecule has 1 rings (SSSR count). The van der Waals surface area contributed by atoms with Gasteiger partial charge in [0.1, 0.15) is 0 Å². The summed E-state index contributed by atoms with van der Waals surface area (Å²) in [5, 5.41) is 7.44. The van der Waals surface area contributed by atoms with Crippen molar-refractivity contribution in [2.45, 2.75) is 25.3 Å². The Balaban J connectivity index is 2.96. The summed E-state index contributed by atoms with van der Waals surface area (Å²) in [7, 11) is -0.405. The number of sulfonamides is 1. The maximum atomic E-state index is 12.2. The molecule has 0 amide bonds. The van der Waals surface area contributed by atoms with Crippen molar-refractivity contribution in [1.82, 2.24) is 19.3 Å². The van der Waals surface area contributed by atoms with Crippen molar-refractivity contribution in [2.75, 3.05) is 13.6 Å². The lowest BCUT2D eigenvalue weighted by molar-refractivity contribution is 0.422. The zero-order chi connectivity index (χ0) is 13.2. The molecule has 6 nitrogen and oxygen atoms in total. The van der Waals surface area contributed by atoms with Crippen LogP contribution in [0.5, 0.6) is 0 Å². The Hall–Kier alpha value is -0.470. The van der Waals surface area contributed by atoms with Crippen LogP contribution in [0.4, 0.5) is 0 Å². The van der Waals surface area contributed by atoms with Gasteiger partial charge in [0.15, 0.2) is 4.60 Å². The molecular formula is C9H17BrN4O2S. The van der Waals surface area contributed by atoms with Gasteiger partial charge < -0.3 is 0 Å². The van der Waals surface area contributed by atoms with Crippen LogP contribution in [0, 0.1) is 5.92 Å². The first kappa shape index (κ1) is 14.6. The zero-order valence-electron chi connectivity index (χ0n) is 10.4. The zero-order valence-corrected chi connectivity index (χ0v) is 12.8. The topological polar surface area (TPSA) is 68.1 Å². The number of aromatic nitrogens is 3. The molecule has 0 aliphatic carbocycles. The maximum absolute atomic E-state index is 12.2. The molecule has 0 saturated heterocycles. The molecule has 0 spiro atoms. The molecule has 0 fully saturated rings. The van der Waals surface area contributed by atoms with E-state index in [1.54, 1.807) is 14.1 Å². The summed E-state index contributed by atoms with van der Waals surface area (Å²) < 4.78 is 27.3. The second-order valence-corrected chi connectivity index (χ2v) is 7.03. The Labute approximate surface area is 110 Å². The van der Waals surface area contributed by atoms with Crippen LogP contribution in [-0.4, -0.2) is 41.3 Å². The summed E-state index contributed by atoms with van der Waals surface area (Å²) in [6.07, 6.45) is 0.818. The minimum absolute atomic E-state index is 0.0868. The van der Waals surface area contributed by atoms with Crippen LogP contribution in [0.2, 0.25) is 0 Å². The van der Waals surface area contributed by atoms with E-state index in [2.05, 4.69) is 40.1 Å². The van der Waals surface area contributed by atoms with Crippen molar-refractivity contribution in [3.63, 3.8) is 0 Å². The summed E-state index contributed by atoms with van der Waals surface area (Å²) in [6.45, 7) is 4.60. The first-order chi connectivity index (χ1) is 7.76. The number of hydrogen-bond donors (Lipinski definition) is 0. The fourth-order valence-corrected chi connectivity index (χ4v) is 3.51. The molecule has 8 heteroatoms. The van der Waals surface area contributed by atoms with Crippen LogP contribution in [0.3, 0.4) is 0 Å².